The van der Waals surface area contributed by atoms with E-state index in [9.17, 15) is 0 Å². The zero-order valence-corrected chi connectivity index (χ0v) is 28.0. The fraction of sp³-hybridized carbons (Fsp3) is 0.351. The van der Waals surface area contributed by atoms with Crippen LogP contribution >= 0.6 is 31.9 Å². The molecule has 2 aliphatic carbocycles. The van der Waals surface area contributed by atoms with Gasteiger partial charge < -0.3 is 9.47 Å². The molecule has 2 aliphatic rings. The second-order valence-corrected chi connectivity index (χ2v) is 13.9. The minimum atomic E-state index is -0.456. The third-order valence-corrected chi connectivity index (χ3v) is 10.2. The molecule has 0 fully saturated rings. The van der Waals surface area contributed by atoms with E-state index >= 15 is 0 Å². The number of hydrogen-bond acceptors (Lipinski definition) is 2. The molecule has 0 aromatic heterocycles. The van der Waals surface area contributed by atoms with Gasteiger partial charge in [0.1, 0.15) is 0 Å². The van der Waals surface area contributed by atoms with Gasteiger partial charge in [0.15, 0.2) is 11.5 Å². The van der Waals surface area contributed by atoms with E-state index in [1.54, 1.807) is 0 Å². The fourth-order valence-electron chi connectivity index (χ4n) is 6.61. The number of rotatable bonds is 8. The third kappa shape index (κ3) is 4.48. The molecule has 0 saturated heterocycles. The molecule has 0 radical (unpaired) electrons. The SMILES string of the molecule is CCC(C)COc1cc2c(cc1OCC(C)CC)C1(c3cc(Br)ccc3-c3ccc(Br)cc31)c1c(C)ccc(C)c1-2. The van der Waals surface area contributed by atoms with Gasteiger partial charge in [-0.3, -0.25) is 0 Å². The lowest BCUT2D eigenvalue weighted by Crippen LogP contribution is -2.27. The van der Waals surface area contributed by atoms with Gasteiger partial charge in [-0.1, -0.05) is 96.7 Å². The van der Waals surface area contributed by atoms with E-state index in [1.807, 2.05) is 0 Å². The van der Waals surface area contributed by atoms with Gasteiger partial charge in [-0.05, 0) is 118 Å². The van der Waals surface area contributed by atoms with Gasteiger partial charge in [0, 0.05) is 8.95 Å². The Kier molecular flexibility index (Phi) is 7.61. The summed E-state index contributed by atoms with van der Waals surface area (Å²) in [6.45, 7) is 14.8. The first kappa shape index (κ1) is 28.6. The highest BCUT2D eigenvalue weighted by Gasteiger charge is 2.53. The van der Waals surface area contributed by atoms with Gasteiger partial charge in [0.2, 0.25) is 0 Å². The van der Waals surface area contributed by atoms with E-state index < -0.39 is 5.41 Å². The van der Waals surface area contributed by atoms with E-state index in [1.165, 1.54) is 55.6 Å². The summed E-state index contributed by atoms with van der Waals surface area (Å²) in [5.41, 5.74) is 12.5. The second-order valence-electron chi connectivity index (χ2n) is 12.1. The topological polar surface area (TPSA) is 18.5 Å². The molecular formula is C37H38Br2O2. The minimum absolute atomic E-state index is 0.456. The Labute approximate surface area is 261 Å². The monoisotopic (exact) mass is 672 g/mol. The van der Waals surface area contributed by atoms with Crippen LogP contribution in [0.25, 0.3) is 22.3 Å². The molecule has 2 atom stereocenters. The Balaban J connectivity index is 1.70. The van der Waals surface area contributed by atoms with Crippen molar-refractivity contribution < 1.29 is 9.47 Å². The molecule has 0 saturated carbocycles. The Hall–Kier alpha value is -2.56. The molecule has 0 N–H and O–H groups in total. The van der Waals surface area contributed by atoms with Gasteiger partial charge in [-0.15, -0.1) is 0 Å². The lowest BCUT2D eigenvalue weighted by atomic mass is 9.69. The molecule has 41 heavy (non-hydrogen) atoms. The molecule has 0 amide bonds. The molecule has 4 heteroatoms. The lowest BCUT2D eigenvalue weighted by molar-refractivity contribution is 0.217. The van der Waals surface area contributed by atoms with E-state index in [-0.39, 0.29) is 0 Å². The molecule has 0 heterocycles. The second kappa shape index (κ2) is 10.9. The highest BCUT2D eigenvalue weighted by atomic mass is 79.9. The van der Waals surface area contributed by atoms with Crippen molar-refractivity contribution in [3.8, 4) is 33.8 Å². The van der Waals surface area contributed by atoms with Crippen molar-refractivity contribution in [2.75, 3.05) is 13.2 Å². The first-order valence-corrected chi connectivity index (χ1v) is 16.4. The largest absolute Gasteiger partial charge is 0.489 e. The van der Waals surface area contributed by atoms with Crippen molar-refractivity contribution in [1.29, 1.82) is 0 Å². The zero-order chi connectivity index (χ0) is 29.1. The first-order valence-electron chi connectivity index (χ1n) is 14.9. The molecule has 4 aromatic rings. The van der Waals surface area contributed by atoms with Crippen molar-refractivity contribution in [2.45, 2.75) is 59.8 Å². The molecule has 0 bridgehead atoms. The van der Waals surface area contributed by atoms with Crippen LogP contribution in [-0.2, 0) is 5.41 Å². The van der Waals surface area contributed by atoms with E-state index in [0.717, 1.165) is 33.3 Å². The summed E-state index contributed by atoms with van der Waals surface area (Å²) >= 11 is 7.66. The van der Waals surface area contributed by atoms with Crippen molar-refractivity contribution in [1.82, 2.24) is 0 Å². The van der Waals surface area contributed by atoms with Crippen LogP contribution in [0.2, 0.25) is 0 Å². The average Bonchev–Trinajstić information content (AvgIpc) is 3.42. The van der Waals surface area contributed by atoms with Gasteiger partial charge in [0.25, 0.3) is 0 Å². The van der Waals surface area contributed by atoms with E-state index in [4.69, 9.17) is 9.47 Å². The molecule has 1 spiro atoms. The third-order valence-electron chi connectivity index (χ3n) is 9.26. The first-order chi connectivity index (χ1) is 19.7. The van der Waals surface area contributed by atoms with E-state index in [0.29, 0.717) is 25.0 Å². The molecule has 6 rings (SSSR count). The molecule has 212 valence electrons. The zero-order valence-electron chi connectivity index (χ0n) is 24.8. The van der Waals surface area contributed by atoms with Gasteiger partial charge in [0.05, 0.1) is 18.6 Å². The Bertz CT molecular complexity index is 1600. The predicted molar refractivity (Wildman–Crippen MR) is 178 cm³/mol. The molecule has 4 aromatic carbocycles. The maximum absolute atomic E-state index is 6.62. The van der Waals surface area contributed by atoms with Crippen molar-refractivity contribution in [3.05, 3.63) is 103 Å². The molecule has 2 nitrogen and oxygen atoms in total. The van der Waals surface area contributed by atoms with Crippen LogP contribution in [0.5, 0.6) is 11.5 Å². The summed E-state index contributed by atoms with van der Waals surface area (Å²) in [6.07, 6.45) is 2.15. The van der Waals surface area contributed by atoms with Crippen LogP contribution in [0.3, 0.4) is 0 Å². The summed E-state index contributed by atoms with van der Waals surface area (Å²) in [6, 6.07) is 22.7. The fourth-order valence-corrected chi connectivity index (χ4v) is 7.33. The summed E-state index contributed by atoms with van der Waals surface area (Å²) in [7, 11) is 0. The highest BCUT2D eigenvalue weighted by Crippen LogP contribution is 2.65. The maximum atomic E-state index is 6.62. The molecule has 0 aliphatic heterocycles. The lowest BCUT2D eigenvalue weighted by Gasteiger charge is -2.32. The van der Waals surface area contributed by atoms with Crippen LogP contribution in [0.1, 0.15) is 73.9 Å². The number of fused-ring (bicyclic) bond motifs is 10. The van der Waals surface area contributed by atoms with Crippen LogP contribution < -0.4 is 9.47 Å². The number of ether oxygens (including phenoxy) is 2. The average molecular weight is 675 g/mol. The normalized spacial score (nSPS) is 15.2. The van der Waals surface area contributed by atoms with Crippen LogP contribution in [-0.4, -0.2) is 13.2 Å². The Morgan fingerprint density at radius 3 is 1.66 bits per heavy atom. The standard InChI is InChI=1S/C37H38Br2O2/c1-7-21(3)19-40-33-17-29-32(18-34(33)41-20-22(4)8-2)37(36-24(6)10-9-23(5)35(29)36)30-15-25(38)11-13-27(30)28-14-12-26(39)16-31(28)37/h9-18,21-22H,7-8,19-20H2,1-6H3. The Morgan fingerprint density at radius 1 is 0.634 bits per heavy atom. The van der Waals surface area contributed by atoms with E-state index in [2.05, 4.69) is 134 Å². The quantitative estimate of drug-likeness (QED) is 0.160. The summed E-state index contributed by atoms with van der Waals surface area (Å²) in [5, 5.41) is 0. The summed E-state index contributed by atoms with van der Waals surface area (Å²) in [4.78, 5) is 0. The van der Waals surface area contributed by atoms with Crippen molar-refractivity contribution >= 4 is 31.9 Å². The van der Waals surface area contributed by atoms with Gasteiger partial charge in [-0.25, -0.2) is 0 Å². The summed E-state index contributed by atoms with van der Waals surface area (Å²) in [5.74, 6) is 2.62. The minimum Gasteiger partial charge on any atom is -0.489 e. The van der Waals surface area contributed by atoms with Crippen LogP contribution in [0.4, 0.5) is 0 Å². The highest BCUT2D eigenvalue weighted by molar-refractivity contribution is 9.10. The predicted octanol–water partition coefficient (Wildman–Crippen LogP) is 11.0. The molecule has 2 unspecified atom stereocenters. The number of halogens is 2. The van der Waals surface area contributed by atoms with Crippen LogP contribution in [0, 0.1) is 25.7 Å². The number of aryl methyl sites for hydroxylation is 2. The molecular weight excluding hydrogens is 636 g/mol. The maximum Gasteiger partial charge on any atom is 0.161 e. The van der Waals surface area contributed by atoms with Crippen molar-refractivity contribution in [3.63, 3.8) is 0 Å². The number of hydrogen-bond donors (Lipinski definition) is 0. The number of benzene rings is 4. The summed E-state index contributed by atoms with van der Waals surface area (Å²) < 4.78 is 15.4. The van der Waals surface area contributed by atoms with Gasteiger partial charge in [-0.2, -0.15) is 0 Å². The van der Waals surface area contributed by atoms with Crippen molar-refractivity contribution in [2.24, 2.45) is 11.8 Å². The Morgan fingerprint density at radius 2 is 1.12 bits per heavy atom. The van der Waals surface area contributed by atoms with Gasteiger partial charge >= 0.3 is 0 Å². The smallest absolute Gasteiger partial charge is 0.161 e. The van der Waals surface area contributed by atoms with Crippen LogP contribution in [0.15, 0.2) is 69.6 Å².